The van der Waals surface area contributed by atoms with Crippen LogP contribution in [0.3, 0.4) is 0 Å². The fraction of sp³-hybridized carbons (Fsp3) is 0. The van der Waals surface area contributed by atoms with Crippen LogP contribution in [0.1, 0.15) is 0 Å². The van der Waals surface area contributed by atoms with Crippen LogP contribution in [-0.4, -0.2) is 24.1 Å². The van der Waals surface area contributed by atoms with Gasteiger partial charge in [0.05, 0.1) is 22.1 Å². The Morgan fingerprint density at radius 1 is 0.203 bits per heavy atom. The third-order valence-electron chi connectivity index (χ3n) is 15.0. The Hall–Kier alpha value is -9.97. The lowest BCUT2D eigenvalue weighted by Gasteiger charge is -2.12. The number of hydrogen-bond acceptors (Lipinski definition) is 3. The van der Waals surface area contributed by atoms with Crippen molar-refractivity contribution in [1.82, 2.24) is 24.1 Å². The van der Waals surface area contributed by atoms with E-state index in [2.05, 4.69) is 234 Å². The van der Waals surface area contributed by atoms with E-state index in [1.165, 1.54) is 59.7 Å². The summed E-state index contributed by atoms with van der Waals surface area (Å²) in [5.41, 5.74) is 14.3. The number of nitrogens with zero attached hydrogens (tertiary/aromatic N) is 5. The molecule has 3 aromatic heterocycles. The van der Waals surface area contributed by atoms with Gasteiger partial charge in [0.15, 0.2) is 11.6 Å². The van der Waals surface area contributed by atoms with E-state index >= 15 is 0 Å². The van der Waals surface area contributed by atoms with Crippen LogP contribution in [0.2, 0.25) is 0 Å². The van der Waals surface area contributed by atoms with E-state index in [1.54, 1.807) is 0 Å². The van der Waals surface area contributed by atoms with Gasteiger partial charge < -0.3 is 4.57 Å². The lowest BCUT2D eigenvalue weighted by molar-refractivity contribution is 0.953. The van der Waals surface area contributed by atoms with Gasteiger partial charge in [0, 0.05) is 38.4 Å². The van der Waals surface area contributed by atoms with Crippen molar-refractivity contribution in [2.24, 2.45) is 0 Å². The van der Waals surface area contributed by atoms with Crippen molar-refractivity contribution in [2.75, 3.05) is 0 Å². The number of benzene rings is 12. The van der Waals surface area contributed by atoms with Crippen LogP contribution in [0.25, 0.3) is 144 Å². The third-order valence-corrected chi connectivity index (χ3v) is 15.0. The van der Waals surface area contributed by atoms with Crippen molar-refractivity contribution >= 4 is 75.9 Å². The highest BCUT2D eigenvalue weighted by atomic mass is 15.2. The van der Waals surface area contributed by atoms with Gasteiger partial charge in [-0.3, -0.25) is 4.57 Å². The Morgan fingerprint density at radius 3 is 0.946 bits per heavy atom. The summed E-state index contributed by atoms with van der Waals surface area (Å²) in [7, 11) is 0. The van der Waals surface area contributed by atoms with E-state index in [4.69, 9.17) is 15.0 Å². The molecule has 0 unspecified atom stereocenters. The van der Waals surface area contributed by atoms with Crippen molar-refractivity contribution in [3.8, 4) is 67.8 Å². The monoisotopic (exact) mass is 941 g/mol. The molecule has 0 aliphatic heterocycles. The maximum Gasteiger partial charge on any atom is 0.238 e. The molecule has 0 atom stereocenters. The molecule has 74 heavy (non-hydrogen) atoms. The van der Waals surface area contributed by atoms with Gasteiger partial charge in [-0.25, -0.2) is 4.98 Å². The summed E-state index contributed by atoms with van der Waals surface area (Å²) in [6.07, 6.45) is 0. The number of fused-ring (bicyclic) bond motifs is 12. The van der Waals surface area contributed by atoms with Crippen LogP contribution in [-0.2, 0) is 0 Å². The van der Waals surface area contributed by atoms with Crippen LogP contribution in [0.5, 0.6) is 0 Å². The highest BCUT2D eigenvalue weighted by Crippen LogP contribution is 2.42. The molecule has 15 aromatic rings. The summed E-state index contributed by atoms with van der Waals surface area (Å²) in [6, 6.07) is 93.8. The molecule has 5 nitrogen and oxygen atoms in total. The summed E-state index contributed by atoms with van der Waals surface area (Å²) < 4.78 is 4.61. The first kappa shape index (κ1) is 41.8. The number of aromatic nitrogens is 5. The average molecular weight is 942 g/mol. The molecule has 0 aliphatic rings. The van der Waals surface area contributed by atoms with Gasteiger partial charge >= 0.3 is 0 Å². The summed E-state index contributed by atoms with van der Waals surface area (Å²) in [6.45, 7) is 0. The van der Waals surface area contributed by atoms with Crippen LogP contribution in [0.4, 0.5) is 0 Å². The topological polar surface area (TPSA) is 48.5 Å². The number of rotatable bonds is 7. The lowest BCUT2D eigenvalue weighted by Crippen LogP contribution is -2.06. The van der Waals surface area contributed by atoms with E-state index in [1.807, 2.05) is 36.4 Å². The van der Waals surface area contributed by atoms with Gasteiger partial charge in [-0.15, -0.1) is 0 Å². The molecule has 0 amide bonds. The van der Waals surface area contributed by atoms with E-state index in [0.29, 0.717) is 17.6 Å². The molecular formula is C69H43N5. The number of hydrogen-bond donors (Lipinski definition) is 0. The summed E-state index contributed by atoms with van der Waals surface area (Å²) in [5, 5.41) is 12.3. The molecule has 12 aromatic carbocycles. The zero-order chi connectivity index (χ0) is 48.7. The highest BCUT2D eigenvalue weighted by Gasteiger charge is 2.21. The minimum atomic E-state index is 0.566. The molecule has 0 aliphatic carbocycles. The van der Waals surface area contributed by atoms with Gasteiger partial charge in [0.25, 0.3) is 0 Å². The van der Waals surface area contributed by atoms with Gasteiger partial charge in [-0.05, 0) is 132 Å². The molecule has 0 radical (unpaired) electrons. The van der Waals surface area contributed by atoms with Crippen molar-refractivity contribution in [1.29, 1.82) is 0 Å². The Morgan fingerprint density at radius 2 is 0.514 bits per heavy atom. The molecule has 0 saturated heterocycles. The largest absolute Gasteiger partial charge is 0.309 e. The fourth-order valence-corrected chi connectivity index (χ4v) is 11.5. The second kappa shape index (κ2) is 16.8. The standard InChI is InChI=1S/C69H43N5/c1-5-17-44(18-6-1)47-30-37-65-61(40-47)62-43-51(33-38-66(62)74(65)69-71-67(45-19-7-2-8-20-45)70-68(72-69)46-21-9-3-10-22-46)50-32-36-64-60(42-50)59-41-49(31-35-63(59)73(64)52-23-11-4-12-24-52)48-29-34-57-55-27-14-13-25-53(55)54-26-15-16-28-56(54)58(57)39-48/h1-43H. The predicted octanol–water partition coefficient (Wildman–Crippen LogP) is 17.9. The molecular weight excluding hydrogens is 899 g/mol. The smallest absolute Gasteiger partial charge is 0.238 e. The SMILES string of the molecule is c1ccc(-c2ccc3c(c2)c2cc(-c4ccc5c(c4)c4cc(-c6ccc7c8ccccc8c8ccccc8c7c6)ccc4n5-c4ccccc4)ccc2n3-c2nc(-c3ccccc3)nc(-c3ccccc3)n2)cc1. The fourth-order valence-electron chi connectivity index (χ4n) is 11.5. The van der Waals surface area contributed by atoms with Gasteiger partial charge in [0.2, 0.25) is 5.95 Å². The Labute approximate surface area is 426 Å². The van der Waals surface area contributed by atoms with E-state index < -0.39 is 0 Å². The van der Waals surface area contributed by atoms with Crippen LogP contribution in [0.15, 0.2) is 261 Å². The summed E-state index contributed by atoms with van der Waals surface area (Å²) in [4.78, 5) is 15.5. The molecule has 344 valence electrons. The molecule has 5 heteroatoms. The minimum Gasteiger partial charge on any atom is -0.309 e. The Balaban J connectivity index is 0.932. The van der Waals surface area contributed by atoms with Gasteiger partial charge in [-0.2, -0.15) is 9.97 Å². The molecule has 0 fully saturated rings. The predicted molar refractivity (Wildman–Crippen MR) is 308 cm³/mol. The maximum absolute atomic E-state index is 5.23. The quantitative estimate of drug-likeness (QED) is 0.150. The second-order valence-electron chi connectivity index (χ2n) is 19.2. The van der Waals surface area contributed by atoms with Crippen LogP contribution >= 0.6 is 0 Å². The summed E-state index contributed by atoms with van der Waals surface area (Å²) >= 11 is 0. The molecule has 15 rings (SSSR count). The van der Waals surface area contributed by atoms with Gasteiger partial charge in [-0.1, -0.05) is 194 Å². The normalized spacial score (nSPS) is 11.8. The molecule has 0 bridgehead atoms. The molecule has 3 heterocycles. The third kappa shape index (κ3) is 6.75. The van der Waals surface area contributed by atoms with Crippen LogP contribution < -0.4 is 0 Å². The summed E-state index contributed by atoms with van der Waals surface area (Å²) in [5.74, 6) is 1.81. The van der Waals surface area contributed by atoms with Crippen molar-refractivity contribution in [2.45, 2.75) is 0 Å². The molecule has 0 N–H and O–H groups in total. The van der Waals surface area contributed by atoms with Crippen LogP contribution in [0, 0.1) is 0 Å². The van der Waals surface area contributed by atoms with E-state index in [9.17, 15) is 0 Å². The van der Waals surface area contributed by atoms with E-state index in [0.717, 1.165) is 66.4 Å². The first-order valence-corrected chi connectivity index (χ1v) is 25.2. The Kier molecular flexibility index (Phi) is 9.50. The van der Waals surface area contributed by atoms with Gasteiger partial charge in [0.1, 0.15) is 0 Å². The lowest BCUT2D eigenvalue weighted by atomic mass is 9.92. The zero-order valence-corrected chi connectivity index (χ0v) is 40.1. The highest BCUT2D eigenvalue weighted by molar-refractivity contribution is 6.26. The first-order valence-electron chi connectivity index (χ1n) is 25.2. The maximum atomic E-state index is 5.23. The van der Waals surface area contributed by atoms with Crippen molar-refractivity contribution in [3.63, 3.8) is 0 Å². The average Bonchev–Trinajstić information content (AvgIpc) is 4.01. The molecule has 0 spiro atoms. The Bertz CT molecular complexity index is 4600. The van der Waals surface area contributed by atoms with E-state index in [-0.39, 0.29) is 0 Å². The second-order valence-corrected chi connectivity index (χ2v) is 19.2. The van der Waals surface area contributed by atoms with Crippen molar-refractivity contribution < 1.29 is 0 Å². The van der Waals surface area contributed by atoms with Crippen molar-refractivity contribution in [3.05, 3.63) is 261 Å². The molecule has 0 saturated carbocycles. The zero-order valence-electron chi connectivity index (χ0n) is 40.1. The first-order chi connectivity index (χ1) is 36.7. The number of para-hydroxylation sites is 1. The minimum absolute atomic E-state index is 0.566.